The van der Waals surface area contributed by atoms with Crippen molar-refractivity contribution in [3.05, 3.63) is 62.3 Å². The summed E-state index contributed by atoms with van der Waals surface area (Å²) in [5.74, 6) is 0.468. The highest BCUT2D eigenvalue weighted by Gasteiger charge is 2.15. The fraction of sp³-hybridized carbons (Fsp3) is 0.200. The van der Waals surface area contributed by atoms with Crippen molar-refractivity contribution in [2.75, 3.05) is 7.11 Å². The van der Waals surface area contributed by atoms with E-state index in [0.29, 0.717) is 10.9 Å². The van der Waals surface area contributed by atoms with Crippen molar-refractivity contribution in [3.63, 3.8) is 0 Å². The van der Waals surface area contributed by atoms with Crippen LogP contribution in [0.1, 0.15) is 17.2 Å². The second-order valence-electron chi connectivity index (χ2n) is 4.41. The quantitative estimate of drug-likeness (QED) is 0.810. The molecule has 0 fully saturated rings. The van der Waals surface area contributed by atoms with E-state index in [4.69, 9.17) is 10.5 Å². The molecule has 0 amide bonds. The number of hydrogen-bond acceptors (Lipinski definition) is 2. The fourth-order valence-corrected chi connectivity index (χ4v) is 3.03. The number of halogens is 3. The number of ether oxygens (including phenoxy) is 1. The Morgan fingerprint density at radius 1 is 1.25 bits per heavy atom. The zero-order valence-corrected chi connectivity index (χ0v) is 14.0. The summed E-state index contributed by atoms with van der Waals surface area (Å²) in [5, 5.41) is 0. The molecule has 1 unspecified atom stereocenters. The summed E-state index contributed by atoms with van der Waals surface area (Å²) in [6.07, 6.45) is 0.560. The van der Waals surface area contributed by atoms with Crippen molar-refractivity contribution in [3.8, 4) is 5.75 Å². The third kappa shape index (κ3) is 3.40. The minimum atomic E-state index is -0.316. The molecule has 2 rings (SSSR count). The van der Waals surface area contributed by atoms with Gasteiger partial charge in [-0.3, -0.25) is 0 Å². The lowest BCUT2D eigenvalue weighted by molar-refractivity contribution is 0.408. The highest BCUT2D eigenvalue weighted by atomic mass is 79.9. The highest BCUT2D eigenvalue weighted by molar-refractivity contribution is 9.10. The van der Waals surface area contributed by atoms with Gasteiger partial charge in [-0.05, 0) is 57.7 Å². The number of hydrogen-bond donors (Lipinski definition) is 1. The molecule has 0 saturated carbocycles. The Morgan fingerprint density at radius 3 is 2.70 bits per heavy atom. The molecule has 2 nitrogen and oxygen atoms in total. The van der Waals surface area contributed by atoms with Gasteiger partial charge >= 0.3 is 0 Å². The molecule has 0 bridgehead atoms. The predicted molar refractivity (Wildman–Crippen MR) is 85.4 cm³/mol. The molecule has 20 heavy (non-hydrogen) atoms. The van der Waals surface area contributed by atoms with Crippen LogP contribution in [-0.2, 0) is 6.42 Å². The van der Waals surface area contributed by atoms with Crippen LogP contribution in [0.25, 0.3) is 0 Å². The molecule has 0 heterocycles. The van der Waals surface area contributed by atoms with Gasteiger partial charge < -0.3 is 10.5 Å². The fourth-order valence-electron chi connectivity index (χ4n) is 2.06. The smallest absolute Gasteiger partial charge is 0.137 e. The Kier molecular flexibility index (Phi) is 5.18. The van der Waals surface area contributed by atoms with Gasteiger partial charge in [0.05, 0.1) is 11.6 Å². The van der Waals surface area contributed by atoms with Crippen molar-refractivity contribution >= 4 is 31.9 Å². The monoisotopic (exact) mass is 401 g/mol. The highest BCUT2D eigenvalue weighted by Crippen LogP contribution is 2.30. The molecule has 0 aliphatic heterocycles. The number of methoxy groups -OCH3 is 1. The zero-order valence-electron chi connectivity index (χ0n) is 10.9. The van der Waals surface area contributed by atoms with Crippen molar-refractivity contribution in [1.29, 1.82) is 0 Å². The van der Waals surface area contributed by atoms with Crippen LogP contribution in [0.3, 0.4) is 0 Å². The SMILES string of the molecule is COc1ccc(Br)cc1CC(N)c1cccc(F)c1Br. The third-order valence-electron chi connectivity index (χ3n) is 3.06. The van der Waals surface area contributed by atoms with Crippen LogP contribution in [0.2, 0.25) is 0 Å². The molecule has 1 atom stereocenters. The van der Waals surface area contributed by atoms with Crippen molar-refractivity contribution in [2.45, 2.75) is 12.5 Å². The maximum Gasteiger partial charge on any atom is 0.137 e. The van der Waals surface area contributed by atoms with Crippen LogP contribution in [-0.4, -0.2) is 7.11 Å². The lowest BCUT2D eigenvalue weighted by Crippen LogP contribution is -2.15. The normalized spacial score (nSPS) is 12.2. The first-order chi connectivity index (χ1) is 9.52. The Morgan fingerprint density at radius 2 is 2.00 bits per heavy atom. The number of benzene rings is 2. The molecule has 106 valence electrons. The number of rotatable bonds is 4. The standard InChI is InChI=1S/C15H14Br2FNO/c1-20-14-6-5-10(16)7-9(14)8-13(19)11-3-2-4-12(18)15(11)17/h2-7,13H,8,19H2,1H3. The molecule has 5 heteroatoms. The van der Waals surface area contributed by atoms with Gasteiger partial charge in [0.15, 0.2) is 0 Å². The first kappa shape index (κ1) is 15.5. The average Bonchev–Trinajstić information content (AvgIpc) is 2.42. The van der Waals surface area contributed by atoms with Gasteiger partial charge in [0.2, 0.25) is 0 Å². The number of nitrogens with two attached hydrogens (primary N) is 1. The zero-order chi connectivity index (χ0) is 14.7. The molecule has 0 radical (unpaired) electrons. The molecule has 0 aliphatic carbocycles. The van der Waals surface area contributed by atoms with E-state index >= 15 is 0 Å². The summed E-state index contributed by atoms with van der Waals surface area (Å²) in [5.41, 5.74) is 7.92. The van der Waals surface area contributed by atoms with Gasteiger partial charge in [-0.25, -0.2) is 4.39 Å². The summed E-state index contributed by atoms with van der Waals surface area (Å²) < 4.78 is 20.3. The lowest BCUT2D eigenvalue weighted by Gasteiger charge is -2.16. The third-order valence-corrected chi connectivity index (χ3v) is 4.39. The van der Waals surface area contributed by atoms with Crippen LogP contribution >= 0.6 is 31.9 Å². The summed E-state index contributed by atoms with van der Waals surface area (Å²) in [6.45, 7) is 0. The molecule has 2 aromatic rings. The van der Waals surface area contributed by atoms with Crippen molar-refractivity contribution < 1.29 is 9.13 Å². The molecule has 0 spiro atoms. The van der Waals surface area contributed by atoms with Gasteiger partial charge in [0.1, 0.15) is 11.6 Å². The van der Waals surface area contributed by atoms with E-state index in [-0.39, 0.29) is 11.9 Å². The molecule has 0 aliphatic rings. The van der Waals surface area contributed by atoms with Crippen molar-refractivity contribution in [2.24, 2.45) is 5.73 Å². The van der Waals surface area contributed by atoms with Crippen LogP contribution in [0, 0.1) is 5.82 Å². The lowest BCUT2D eigenvalue weighted by atomic mass is 9.99. The summed E-state index contributed by atoms with van der Waals surface area (Å²) in [7, 11) is 1.62. The van der Waals surface area contributed by atoms with E-state index in [1.54, 1.807) is 13.2 Å². The van der Waals surface area contributed by atoms with Gasteiger partial charge in [-0.1, -0.05) is 28.1 Å². The van der Waals surface area contributed by atoms with E-state index in [9.17, 15) is 4.39 Å². The molecule has 0 aromatic heterocycles. The second-order valence-corrected chi connectivity index (χ2v) is 6.12. The maximum atomic E-state index is 13.6. The Hall–Kier alpha value is -0.910. The van der Waals surface area contributed by atoms with Crippen LogP contribution in [0.5, 0.6) is 5.75 Å². The first-order valence-corrected chi connectivity index (χ1v) is 7.63. The van der Waals surface area contributed by atoms with Gasteiger partial charge in [0, 0.05) is 10.5 Å². The maximum absolute atomic E-state index is 13.6. The van der Waals surface area contributed by atoms with E-state index in [1.807, 2.05) is 24.3 Å². The van der Waals surface area contributed by atoms with Gasteiger partial charge in [-0.2, -0.15) is 0 Å². The summed E-state index contributed by atoms with van der Waals surface area (Å²) in [4.78, 5) is 0. The summed E-state index contributed by atoms with van der Waals surface area (Å²) in [6, 6.07) is 10.3. The van der Waals surface area contributed by atoms with E-state index < -0.39 is 0 Å². The summed E-state index contributed by atoms with van der Waals surface area (Å²) >= 11 is 6.68. The molecular formula is C15H14Br2FNO. The first-order valence-electron chi connectivity index (χ1n) is 6.05. The van der Waals surface area contributed by atoms with Crippen LogP contribution in [0.15, 0.2) is 45.3 Å². The average molecular weight is 403 g/mol. The van der Waals surface area contributed by atoms with Crippen LogP contribution < -0.4 is 10.5 Å². The molecule has 2 aromatic carbocycles. The van der Waals surface area contributed by atoms with E-state index in [1.165, 1.54) is 6.07 Å². The minimum Gasteiger partial charge on any atom is -0.496 e. The largest absolute Gasteiger partial charge is 0.496 e. The predicted octanol–water partition coefficient (Wildman–Crippen LogP) is 4.60. The minimum absolute atomic E-state index is 0.306. The van der Waals surface area contributed by atoms with E-state index in [2.05, 4.69) is 31.9 Å². The Bertz CT molecular complexity index is 619. The molecular weight excluding hydrogens is 389 g/mol. The van der Waals surface area contributed by atoms with Crippen molar-refractivity contribution in [1.82, 2.24) is 0 Å². The van der Waals surface area contributed by atoms with Crippen LogP contribution in [0.4, 0.5) is 4.39 Å². The topological polar surface area (TPSA) is 35.2 Å². The Balaban J connectivity index is 2.30. The second kappa shape index (κ2) is 6.70. The van der Waals surface area contributed by atoms with Gasteiger partial charge in [0.25, 0.3) is 0 Å². The molecule has 2 N–H and O–H groups in total. The molecule has 0 saturated heterocycles. The Labute approximate surface area is 134 Å². The van der Waals surface area contributed by atoms with E-state index in [0.717, 1.165) is 21.3 Å². The van der Waals surface area contributed by atoms with Gasteiger partial charge in [-0.15, -0.1) is 0 Å².